The van der Waals surface area contributed by atoms with Crippen molar-refractivity contribution in [3.05, 3.63) is 17.9 Å². The predicted octanol–water partition coefficient (Wildman–Crippen LogP) is -1.45. The quantitative estimate of drug-likeness (QED) is 0.442. The maximum Gasteiger partial charge on any atom is 1.00 e. The molecule has 1 nitrogen and oxygen atoms in total. The van der Waals surface area contributed by atoms with Crippen LogP contribution < -0.4 is 24.2 Å². The van der Waals surface area contributed by atoms with E-state index in [4.69, 9.17) is 4.42 Å². The number of hydrogen-bond acceptors (Lipinski definition) is 1. The van der Waals surface area contributed by atoms with E-state index in [2.05, 4.69) is 19.2 Å². The van der Waals surface area contributed by atoms with Crippen LogP contribution in [0.3, 0.4) is 0 Å². The largest absolute Gasteiger partial charge is 1.00 e. The molecule has 3 heteroatoms. The summed E-state index contributed by atoms with van der Waals surface area (Å²) < 4.78 is 5.39. The smallest absolute Gasteiger partial charge is 0.503 e. The SMILES string of the molecule is Cc1ccc([Si-](C)C)o1.[Li+]. The van der Waals surface area contributed by atoms with Crippen molar-refractivity contribution in [2.45, 2.75) is 20.0 Å². The van der Waals surface area contributed by atoms with Crippen molar-refractivity contribution in [3.63, 3.8) is 0 Å². The summed E-state index contributed by atoms with van der Waals surface area (Å²) in [4.78, 5) is 0. The van der Waals surface area contributed by atoms with Gasteiger partial charge in [0.1, 0.15) is 0 Å². The molecule has 0 radical (unpaired) electrons. The molecule has 0 aliphatic rings. The average Bonchev–Trinajstić information content (AvgIpc) is 2.14. The van der Waals surface area contributed by atoms with Gasteiger partial charge in [-0.1, -0.05) is 11.4 Å². The standard InChI is InChI=1S/C7H11OSi.Li/c1-6-4-5-7(8-6)9(2)3;/h4-5H,1-3H3;/q-1;+1. The number of aryl methyl sites for hydroxylation is 1. The molecule has 50 valence electrons. The van der Waals surface area contributed by atoms with Gasteiger partial charge in [-0.3, -0.25) is 0 Å². The summed E-state index contributed by atoms with van der Waals surface area (Å²) in [7, 11) is -0.358. The van der Waals surface area contributed by atoms with E-state index in [0.717, 1.165) is 5.76 Å². The fraction of sp³-hybridized carbons (Fsp3) is 0.429. The Bertz CT molecular complexity index is 195. The van der Waals surface area contributed by atoms with Crippen LogP contribution in [0.4, 0.5) is 0 Å². The van der Waals surface area contributed by atoms with Crippen molar-refractivity contribution >= 4 is 14.2 Å². The summed E-state index contributed by atoms with van der Waals surface area (Å²) in [6.45, 7) is 6.43. The van der Waals surface area contributed by atoms with Crippen LogP contribution in [-0.4, -0.2) is 8.80 Å². The second-order valence-corrected chi connectivity index (χ2v) is 4.90. The molecule has 10 heavy (non-hydrogen) atoms. The normalized spacial score (nSPS) is 8.70. The molecule has 0 saturated heterocycles. The van der Waals surface area contributed by atoms with E-state index in [0.29, 0.717) is 0 Å². The molecule has 0 spiro atoms. The average molecular weight is 146 g/mol. The first-order chi connectivity index (χ1) is 4.20. The van der Waals surface area contributed by atoms with Crippen LogP contribution >= 0.6 is 0 Å². The third-order valence-electron chi connectivity index (χ3n) is 1.23. The zero-order chi connectivity index (χ0) is 6.85. The van der Waals surface area contributed by atoms with Gasteiger partial charge in [0, 0.05) is 0 Å². The monoisotopic (exact) mass is 146 g/mol. The van der Waals surface area contributed by atoms with Gasteiger partial charge in [0.2, 0.25) is 0 Å². The fourth-order valence-corrected chi connectivity index (χ4v) is 1.49. The molecule has 1 aromatic heterocycles. The van der Waals surface area contributed by atoms with E-state index in [1.807, 2.05) is 13.0 Å². The minimum atomic E-state index is -0.358. The maximum atomic E-state index is 5.39. The summed E-state index contributed by atoms with van der Waals surface area (Å²) in [6, 6.07) is 4.09. The Morgan fingerprint density at radius 2 is 1.90 bits per heavy atom. The summed E-state index contributed by atoms with van der Waals surface area (Å²) in [5.41, 5.74) is 0. The Morgan fingerprint density at radius 3 is 2.10 bits per heavy atom. The first kappa shape index (κ1) is 10.1. The summed E-state index contributed by atoms with van der Waals surface area (Å²) in [5, 5.41) is 1.18. The Hall–Kier alpha value is 0.0943. The van der Waals surface area contributed by atoms with Crippen LogP contribution in [0.5, 0.6) is 0 Å². The first-order valence-electron chi connectivity index (χ1n) is 3.07. The van der Waals surface area contributed by atoms with Gasteiger partial charge in [0.15, 0.2) is 0 Å². The molecule has 0 bridgehead atoms. The molecular formula is C7H11LiOSi. The molecule has 0 aliphatic heterocycles. The van der Waals surface area contributed by atoms with Crippen LogP contribution in [0.25, 0.3) is 0 Å². The van der Waals surface area contributed by atoms with E-state index in [-0.39, 0.29) is 27.7 Å². The maximum absolute atomic E-state index is 5.39. The van der Waals surface area contributed by atoms with Crippen molar-refractivity contribution in [1.29, 1.82) is 0 Å². The molecule has 1 heterocycles. The molecule has 0 unspecified atom stereocenters. The second kappa shape index (κ2) is 4.07. The van der Waals surface area contributed by atoms with Crippen LogP contribution in [0.2, 0.25) is 13.1 Å². The number of rotatable bonds is 1. The molecule has 0 amide bonds. The van der Waals surface area contributed by atoms with Crippen molar-refractivity contribution in [1.82, 2.24) is 0 Å². The van der Waals surface area contributed by atoms with Gasteiger partial charge in [-0.25, -0.2) is 8.80 Å². The van der Waals surface area contributed by atoms with Crippen LogP contribution in [0.15, 0.2) is 16.5 Å². The molecular weight excluding hydrogens is 135 g/mol. The van der Waals surface area contributed by atoms with Crippen molar-refractivity contribution in [2.75, 3.05) is 0 Å². The topological polar surface area (TPSA) is 13.1 Å². The van der Waals surface area contributed by atoms with Gasteiger partial charge in [-0.05, 0) is 13.0 Å². The number of furan rings is 1. The van der Waals surface area contributed by atoms with Crippen molar-refractivity contribution in [3.8, 4) is 0 Å². The van der Waals surface area contributed by atoms with Crippen LogP contribution in [0, 0.1) is 6.92 Å². The molecule has 0 fully saturated rings. The predicted molar refractivity (Wildman–Crippen MR) is 40.6 cm³/mol. The molecule has 0 atom stereocenters. The Kier molecular flexibility index (Phi) is 4.11. The van der Waals surface area contributed by atoms with Gasteiger partial charge in [-0.2, -0.15) is 13.1 Å². The van der Waals surface area contributed by atoms with E-state index in [1.54, 1.807) is 0 Å². The third kappa shape index (κ3) is 2.38. The molecule has 0 saturated carbocycles. The van der Waals surface area contributed by atoms with Gasteiger partial charge < -0.3 is 4.42 Å². The molecule has 0 N–H and O–H groups in total. The second-order valence-electron chi connectivity index (χ2n) is 2.41. The van der Waals surface area contributed by atoms with E-state index < -0.39 is 0 Å². The summed E-state index contributed by atoms with van der Waals surface area (Å²) >= 11 is 0. The van der Waals surface area contributed by atoms with Crippen LogP contribution in [0.1, 0.15) is 5.76 Å². The van der Waals surface area contributed by atoms with Gasteiger partial charge >= 0.3 is 18.9 Å². The first-order valence-corrected chi connectivity index (χ1v) is 5.57. The Balaban J connectivity index is 0.000000810. The summed E-state index contributed by atoms with van der Waals surface area (Å²) in [6.07, 6.45) is 0. The van der Waals surface area contributed by atoms with E-state index in [1.165, 1.54) is 5.38 Å². The Labute approximate surface area is 75.6 Å². The summed E-state index contributed by atoms with van der Waals surface area (Å²) in [5.74, 6) is 1.02. The van der Waals surface area contributed by atoms with Crippen LogP contribution in [-0.2, 0) is 0 Å². The zero-order valence-electron chi connectivity index (χ0n) is 7.06. The molecule has 0 aromatic carbocycles. The van der Waals surface area contributed by atoms with Crippen molar-refractivity contribution < 1.29 is 23.3 Å². The minimum Gasteiger partial charge on any atom is -0.503 e. The van der Waals surface area contributed by atoms with E-state index in [9.17, 15) is 0 Å². The Morgan fingerprint density at radius 1 is 1.30 bits per heavy atom. The zero-order valence-corrected chi connectivity index (χ0v) is 8.06. The molecule has 1 aromatic rings. The number of hydrogen-bond donors (Lipinski definition) is 0. The van der Waals surface area contributed by atoms with E-state index >= 15 is 0 Å². The fourth-order valence-electron chi connectivity index (χ4n) is 0.703. The van der Waals surface area contributed by atoms with Crippen molar-refractivity contribution in [2.24, 2.45) is 0 Å². The molecule has 0 aliphatic carbocycles. The minimum absolute atomic E-state index is 0. The molecule has 1 rings (SSSR count). The van der Waals surface area contributed by atoms with Gasteiger partial charge in [0.05, 0.1) is 5.76 Å². The van der Waals surface area contributed by atoms with Gasteiger partial charge in [0.25, 0.3) is 0 Å². The van der Waals surface area contributed by atoms with Gasteiger partial charge in [-0.15, -0.1) is 0 Å². The third-order valence-corrected chi connectivity index (χ3v) is 2.49.